The highest BCUT2D eigenvalue weighted by Crippen LogP contribution is 2.23. The Labute approximate surface area is 130 Å². The van der Waals surface area contributed by atoms with Gasteiger partial charge in [0.25, 0.3) is 5.91 Å². The Kier molecular flexibility index (Phi) is 4.88. The molecule has 0 heterocycles. The van der Waals surface area contributed by atoms with Crippen molar-refractivity contribution in [1.82, 2.24) is 4.90 Å². The van der Waals surface area contributed by atoms with E-state index < -0.39 is 23.8 Å². The molecule has 0 spiro atoms. The van der Waals surface area contributed by atoms with E-state index in [4.69, 9.17) is 0 Å². The molecule has 2 aromatic rings. The lowest BCUT2D eigenvalue weighted by Crippen LogP contribution is -2.26. The van der Waals surface area contributed by atoms with E-state index in [1.54, 1.807) is 18.2 Å². The molecule has 2 aromatic carbocycles. The van der Waals surface area contributed by atoms with Crippen molar-refractivity contribution in [2.45, 2.75) is 12.9 Å². The molecule has 1 amide bonds. The highest BCUT2D eigenvalue weighted by atomic mass is 19.4. The molecule has 0 atom stereocenters. The van der Waals surface area contributed by atoms with Gasteiger partial charge in [0.15, 0.2) is 0 Å². The molecule has 122 valence electrons. The normalized spacial score (nSPS) is 11.2. The first kappa shape index (κ1) is 16.8. The number of hydrogen-bond acceptors (Lipinski definition) is 2. The number of ether oxygens (including phenoxy) is 1. The summed E-state index contributed by atoms with van der Waals surface area (Å²) in [6.07, 6.45) is -4.78. The summed E-state index contributed by atoms with van der Waals surface area (Å²) in [5.74, 6) is -1.28. The molecule has 3 nitrogen and oxygen atoms in total. The number of carbonyl (C=O) groups is 1. The molecule has 0 aliphatic rings. The van der Waals surface area contributed by atoms with Crippen LogP contribution in [0, 0.1) is 5.82 Å². The Morgan fingerprint density at radius 3 is 2.26 bits per heavy atom. The number of benzene rings is 2. The zero-order valence-electron chi connectivity index (χ0n) is 12.1. The molecule has 0 aliphatic heterocycles. The summed E-state index contributed by atoms with van der Waals surface area (Å²) in [6.45, 7) is 0.0479. The molecule has 0 aromatic heterocycles. The zero-order chi connectivity index (χ0) is 17.0. The number of halogens is 4. The van der Waals surface area contributed by atoms with E-state index in [-0.39, 0.29) is 12.1 Å². The van der Waals surface area contributed by atoms with Gasteiger partial charge in [-0.15, -0.1) is 13.2 Å². The molecular weight excluding hydrogens is 314 g/mol. The molecule has 0 fully saturated rings. The lowest BCUT2D eigenvalue weighted by molar-refractivity contribution is -0.274. The van der Waals surface area contributed by atoms with E-state index in [1.807, 2.05) is 0 Å². The van der Waals surface area contributed by atoms with Gasteiger partial charge in [-0.25, -0.2) is 4.39 Å². The Bertz CT molecular complexity index is 683. The van der Waals surface area contributed by atoms with Crippen molar-refractivity contribution in [1.29, 1.82) is 0 Å². The second-order valence-corrected chi connectivity index (χ2v) is 4.82. The third-order valence-electron chi connectivity index (χ3n) is 3.05. The van der Waals surface area contributed by atoms with Gasteiger partial charge in [-0.3, -0.25) is 4.79 Å². The molecule has 0 aliphatic carbocycles. The van der Waals surface area contributed by atoms with Gasteiger partial charge >= 0.3 is 6.36 Å². The van der Waals surface area contributed by atoms with Crippen LogP contribution in [-0.4, -0.2) is 24.2 Å². The summed E-state index contributed by atoms with van der Waals surface area (Å²) in [4.78, 5) is 13.5. The van der Waals surface area contributed by atoms with Crippen molar-refractivity contribution < 1.29 is 27.1 Å². The lowest BCUT2D eigenvalue weighted by atomic mass is 10.1. The van der Waals surface area contributed by atoms with E-state index in [9.17, 15) is 22.4 Å². The van der Waals surface area contributed by atoms with Gasteiger partial charge in [0.1, 0.15) is 11.6 Å². The predicted molar refractivity (Wildman–Crippen MR) is 75.3 cm³/mol. The fourth-order valence-electron chi connectivity index (χ4n) is 1.97. The lowest BCUT2D eigenvalue weighted by Gasteiger charge is -2.18. The van der Waals surface area contributed by atoms with Crippen LogP contribution < -0.4 is 4.74 Å². The summed E-state index contributed by atoms with van der Waals surface area (Å²) in [5.41, 5.74) is 0.527. The quantitative estimate of drug-likeness (QED) is 0.795. The Morgan fingerprint density at radius 1 is 1.09 bits per heavy atom. The summed E-state index contributed by atoms with van der Waals surface area (Å²) in [5, 5.41) is 0. The largest absolute Gasteiger partial charge is 0.573 e. The van der Waals surface area contributed by atoms with Crippen LogP contribution in [0.2, 0.25) is 0 Å². The maximum Gasteiger partial charge on any atom is 0.573 e. The molecule has 23 heavy (non-hydrogen) atoms. The van der Waals surface area contributed by atoms with Crippen molar-refractivity contribution in [3.63, 3.8) is 0 Å². The molecule has 0 unspecified atom stereocenters. The van der Waals surface area contributed by atoms with E-state index >= 15 is 0 Å². The van der Waals surface area contributed by atoms with Crippen molar-refractivity contribution in [2.75, 3.05) is 7.05 Å². The highest BCUT2D eigenvalue weighted by molar-refractivity contribution is 5.94. The number of amides is 1. The predicted octanol–water partition coefficient (Wildman–Crippen LogP) is 4.00. The monoisotopic (exact) mass is 327 g/mol. The van der Waals surface area contributed by atoms with Crippen LogP contribution in [0.1, 0.15) is 15.9 Å². The minimum absolute atomic E-state index is 0.0479. The highest BCUT2D eigenvalue weighted by Gasteiger charge is 2.31. The van der Waals surface area contributed by atoms with Crippen LogP contribution in [0.3, 0.4) is 0 Å². The van der Waals surface area contributed by atoms with E-state index in [0.717, 1.165) is 12.1 Å². The van der Waals surface area contributed by atoms with Gasteiger partial charge in [-0.1, -0.05) is 18.2 Å². The molecule has 0 N–H and O–H groups in total. The minimum atomic E-state index is -4.78. The molecule has 2 rings (SSSR count). The van der Waals surface area contributed by atoms with Crippen LogP contribution in [0.5, 0.6) is 5.75 Å². The van der Waals surface area contributed by atoms with Crippen LogP contribution in [0.15, 0.2) is 48.5 Å². The maximum atomic E-state index is 13.6. The standard InChI is InChI=1S/C16H13F4NO2/c1-21(10-12-4-2-3-5-14(12)17)15(22)11-6-8-13(9-7-11)23-16(18,19)20/h2-9H,10H2,1H3. The fraction of sp³-hybridized carbons (Fsp3) is 0.188. The second kappa shape index (κ2) is 6.68. The van der Waals surface area contributed by atoms with Crippen LogP contribution >= 0.6 is 0 Å². The van der Waals surface area contributed by atoms with Crippen LogP contribution in [0.25, 0.3) is 0 Å². The number of carbonyl (C=O) groups excluding carboxylic acids is 1. The second-order valence-electron chi connectivity index (χ2n) is 4.82. The Morgan fingerprint density at radius 2 is 1.70 bits per heavy atom. The molecule has 0 bridgehead atoms. The van der Waals surface area contributed by atoms with Crippen molar-refractivity contribution in [3.8, 4) is 5.75 Å². The summed E-state index contributed by atoms with van der Waals surface area (Å²) < 4.78 is 53.5. The minimum Gasteiger partial charge on any atom is -0.406 e. The number of nitrogens with zero attached hydrogens (tertiary/aromatic N) is 1. The van der Waals surface area contributed by atoms with E-state index in [1.165, 1.54) is 30.1 Å². The van der Waals surface area contributed by atoms with Crippen molar-refractivity contribution in [3.05, 3.63) is 65.5 Å². The summed E-state index contributed by atoms with van der Waals surface area (Å²) in [6, 6.07) is 10.6. The average molecular weight is 327 g/mol. The number of rotatable bonds is 4. The maximum absolute atomic E-state index is 13.6. The third-order valence-corrected chi connectivity index (χ3v) is 3.05. The van der Waals surface area contributed by atoms with Crippen LogP contribution in [-0.2, 0) is 6.54 Å². The molecule has 0 radical (unpaired) electrons. The van der Waals surface area contributed by atoms with Gasteiger partial charge in [-0.05, 0) is 30.3 Å². The molecular formula is C16H13F4NO2. The van der Waals surface area contributed by atoms with Gasteiger partial charge in [0, 0.05) is 24.7 Å². The van der Waals surface area contributed by atoms with Gasteiger partial charge in [0.05, 0.1) is 0 Å². The van der Waals surface area contributed by atoms with Gasteiger partial charge in [-0.2, -0.15) is 0 Å². The fourth-order valence-corrected chi connectivity index (χ4v) is 1.97. The first-order valence-electron chi connectivity index (χ1n) is 6.61. The van der Waals surface area contributed by atoms with Gasteiger partial charge < -0.3 is 9.64 Å². The van der Waals surface area contributed by atoms with Gasteiger partial charge in [0.2, 0.25) is 0 Å². The Balaban J connectivity index is 2.06. The smallest absolute Gasteiger partial charge is 0.406 e. The van der Waals surface area contributed by atoms with Crippen molar-refractivity contribution in [2.24, 2.45) is 0 Å². The number of alkyl halides is 3. The third kappa shape index (κ3) is 4.70. The zero-order valence-corrected chi connectivity index (χ0v) is 12.1. The average Bonchev–Trinajstić information content (AvgIpc) is 2.48. The molecule has 0 saturated carbocycles. The summed E-state index contributed by atoms with van der Waals surface area (Å²) >= 11 is 0. The number of hydrogen-bond donors (Lipinski definition) is 0. The first-order chi connectivity index (χ1) is 10.8. The van der Waals surface area contributed by atoms with E-state index in [0.29, 0.717) is 5.56 Å². The topological polar surface area (TPSA) is 29.5 Å². The molecule has 0 saturated heterocycles. The molecule has 7 heteroatoms. The first-order valence-corrected chi connectivity index (χ1v) is 6.61. The summed E-state index contributed by atoms with van der Waals surface area (Å²) in [7, 11) is 1.48. The van der Waals surface area contributed by atoms with Crippen LogP contribution in [0.4, 0.5) is 17.6 Å². The van der Waals surface area contributed by atoms with E-state index in [2.05, 4.69) is 4.74 Å². The van der Waals surface area contributed by atoms with Crippen molar-refractivity contribution >= 4 is 5.91 Å². The Hall–Kier alpha value is -2.57. The SMILES string of the molecule is CN(Cc1ccccc1F)C(=O)c1ccc(OC(F)(F)F)cc1.